The van der Waals surface area contributed by atoms with Crippen LogP contribution in [0.1, 0.15) is 11.1 Å². The normalized spacial score (nSPS) is 16.6. The van der Waals surface area contributed by atoms with Gasteiger partial charge in [0.1, 0.15) is 0 Å². The zero-order valence-corrected chi connectivity index (χ0v) is 16.3. The number of piperazine rings is 1. The van der Waals surface area contributed by atoms with Gasteiger partial charge < -0.3 is 10.6 Å². The Morgan fingerprint density at radius 2 is 1.77 bits per heavy atom. The summed E-state index contributed by atoms with van der Waals surface area (Å²) in [7, 11) is 1.82. The molecule has 0 bridgehead atoms. The van der Waals surface area contributed by atoms with Crippen LogP contribution < -0.4 is 10.6 Å². The third kappa shape index (κ3) is 6.12. The molecule has 1 aromatic heterocycles. The van der Waals surface area contributed by atoms with Crippen LogP contribution in [0.25, 0.3) is 0 Å². The maximum absolute atomic E-state index is 4.30. The fourth-order valence-electron chi connectivity index (χ4n) is 3.14. The highest BCUT2D eigenvalue weighted by atomic mass is 32.1. The number of thiophene rings is 1. The number of benzene rings is 1. The smallest absolute Gasteiger partial charge is 0.191 e. The maximum Gasteiger partial charge on any atom is 0.191 e. The second kappa shape index (κ2) is 10.3. The molecule has 6 heteroatoms. The molecular weight excluding hydrogens is 342 g/mol. The molecule has 2 heterocycles. The highest BCUT2D eigenvalue weighted by Gasteiger charge is 2.16. The molecule has 0 spiro atoms. The highest BCUT2D eigenvalue weighted by Crippen LogP contribution is 2.08. The second-order valence-electron chi connectivity index (χ2n) is 6.59. The van der Waals surface area contributed by atoms with Gasteiger partial charge >= 0.3 is 0 Å². The third-order valence-corrected chi connectivity index (χ3v) is 5.43. The van der Waals surface area contributed by atoms with E-state index >= 15 is 0 Å². The van der Waals surface area contributed by atoms with E-state index in [1.807, 2.05) is 7.05 Å². The SMILES string of the molecule is CN=C(NCCN1CCN(Cc2ccccc2)CC1)NCc1ccsc1. The van der Waals surface area contributed by atoms with Crippen LogP contribution in [0.15, 0.2) is 52.2 Å². The van der Waals surface area contributed by atoms with Crippen molar-refractivity contribution < 1.29 is 0 Å². The first-order valence-corrected chi connectivity index (χ1v) is 10.2. The molecule has 0 aliphatic carbocycles. The summed E-state index contributed by atoms with van der Waals surface area (Å²) in [6.07, 6.45) is 0. The van der Waals surface area contributed by atoms with Gasteiger partial charge in [0.05, 0.1) is 0 Å². The van der Waals surface area contributed by atoms with Crippen LogP contribution in [0.2, 0.25) is 0 Å². The van der Waals surface area contributed by atoms with Crippen molar-refractivity contribution in [1.29, 1.82) is 0 Å². The van der Waals surface area contributed by atoms with Crippen molar-refractivity contribution in [2.45, 2.75) is 13.1 Å². The quantitative estimate of drug-likeness (QED) is 0.579. The molecule has 5 nitrogen and oxygen atoms in total. The molecule has 0 atom stereocenters. The van der Waals surface area contributed by atoms with E-state index in [4.69, 9.17) is 0 Å². The molecule has 1 aliphatic rings. The fourth-order valence-corrected chi connectivity index (χ4v) is 3.81. The third-order valence-electron chi connectivity index (χ3n) is 4.70. The van der Waals surface area contributed by atoms with Gasteiger partial charge in [-0.15, -0.1) is 0 Å². The van der Waals surface area contributed by atoms with E-state index in [1.165, 1.54) is 11.1 Å². The number of nitrogens with zero attached hydrogens (tertiary/aromatic N) is 3. The predicted molar refractivity (Wildman–Crippen MR) is 111 cm³/mol. The first-order valence-electron chi connectivity index (χ1n) is 9.28. The van der Waals surface area contributed by atoms with E-state index in [1.54, 1.807) is 11.3 Å². The molecule has 0 saturated carbocycles. The summed E-state index contributed by atoms with van der Waals surface area (Å²) in [5.41, 5.74) is 2.70. The Morgan fingerprint density at radius 1 is 1.00 bits per heavy atom. The van der Waals surface area contributed by atoms with Crippen LogP contribution in [0.3, 0.4) is 0 Å². The molecule has 1 saturated heterocycles. The zero-order valence-electron chi connectivity index (χ0n) is 15.5. The van der Waals surface area contributed by atoms with Gasteiger partial charge in [-0.2, -0.15) is 11.3 Å². The van der Waals surface area contributed by atoms with Crippen molar-refractivity contribution >= 4 is 17.3 Å². The number of hydrogen-bond donors (Lipinski definition) is 2. The lowest BCUT2D eigenvalue weighted by Crippen LogP contribution is -2.48. The minimum Gasteiger partial charge on any atom is -0.355 e. The molecule has 1 aliphatic heterocycles. The van der Waals surface area contributed by atoms with Gasteiger partial charge in [-0.1, -0.05) is 30.3 Å². The zero-order chi connectivity index (χ0) is 18.0. The van der Waals surface area contributed by atoms with Crippen molar-refractivity contribution in [3.05, 3.63) is 58.3 Å². The molecule has 0 unspecified atom stereocenters. The minimum absolute atomic E-state index is 0.821. The lowest BCUT2D eigenvalue weighted by molar-refractivity contribution is 0.129. The topological polar surface area (TPSA) is 42.9 Å². The molecule has 1 aromatic carbocycles. The molecule has 140 valence electrons. The second-order valence-corrected chi connectivity index (χ2v) is 7.37. The van der Waals surface area contributed by atoms with Crippen LogP contribution in [-0.4, -0.2) is 62.1 Å². The monoisotopic (exact) mass is 371 g/mol. The molecule has 2 aromatic rings. The van der Waals surface area contributed by atoms with E-state index in [0.29, 0.717) is 0 Å². The summed E-state index contributed by atoms with van der Waals surface area (Å²) in [6, 6.07) is 12.9. The number of hydrogen-bond acceptors (Lipinski definition) is 4. The molecule has 26 heavy (non-hydrogen) atoms. The summed E-state index contributed by atoms with van der Waals surface area (Å²) in [4.78, 5) is 9.37. The van der Waals surface area contributed by atoms with Gasteiger partial charge in [-0.25, -0.2) is 0 Å². The van der Waals surface area contributed by atoms with Gasteiger partial charge in [0.15, 0.2) is 5.96 Å². The Kier molecular flexibility index (Phi) is 7.49. The molecule has 2 N–H and O–H groups in total. The first kappa shape index (κ1) is 18.9. The Bertz CT molecular complexity index is 648. The summed E-state index contributed by atoms with van der Waals surface area (Å²) in [6.45, 7) is 8.40. The van der Waals surface area contributed by atoms with Crippen molar-refractivity contribution in [3.8, 4) is 0 Å². The summed E-state index contributed by atoms with van der Waals surface area (Å²) in [5, 5.41) is 11.0. The predicted octanol–water partition coefficient (Wildman–Crippen LogP) is 2.23. The maximum atomic E-state index is 4.30. The van der Waals surface area contributed by atoms with Gasteiger partial charge in [0.25, 0.3) is 0 Å². The molecule has 0 radical (unpaired) electrons. The van der Waals surface area contributed by atoms with Crippen LogP contribution in [0.5, 0.6) is 0 Å². The standard InChI is InChI=1S/C20H29N5S/c1-21-20(23-15-19-7-14-26-17-19)22-8-9-24-10-12-25(13-11-24)16-18-5-3-2-4-6-18/h2-7,14,17H,8-13,15-16H2,1H3,(H2,21,22,23). The Hall–Kier alpha value is -1.89. The Morgan fingerprint density at radius 3 is 2.46 bits per heavy atom. The summed E-state index contributed by atoms with van der Waals surface area (Å²) < 4.78 is 0. The number of rotatable bonds is 7. The van der Waals surface area contributed by atoms with Crippen molar-refractivity contribution in [3.63, 3.8) is 0 Å². The van der Waals surface area contributed by atoms with Gasteiger partial charge in [-0.3, -0.25) is 14.8 Å². The van der Waals surface area contributed by atoms with Crippen LogP contribution >= 0.6 is 11.3 Å². The van der Waals surface area contributed by atoms with Crippen LogP contribution in [-0.2, 0) is 13.1 Å². The van der Waals surface area contributed by atoms with Crippen LogP contribution in [0, 0.1) is 0 Å². The van der Waals surface area contributed by atoms with Gasteiger partial charge in [-0.05, 0) is 28.0 Å². The van der Waals surface area contributed by atoms with E-state index in [2.05, 4.69) is 72.6 Å². The largest absolute Gasteiger partial charge is 0.355 e. The van der Waals surface area contributed by atoms with Crippen molar-refractivity contribution in [2.75, 3.05) is 46.3 Å². The van der Waals surface area contributed by atoms with Crippen LogP contribution in [0.4, 0.5) is 0 Å². The molecular formula is C20H29N5S. The minimum atomic E-state index is 0.821. The van der Waals surface area contributed by atoms with Gasteiger partial charge in [0, 0.05) is 59.4 Å². The highest BCUT2D eigenvalue weighted by molar-refractivity contribution is 7.07. The average molecular weight is 372 g/mol. The Labute approximate surface area is 160 Å². The number of aliphatic imine (C=N–C) groups is 1. The first-order chi connectivity index (χ1) is 12.8. The molecule has 0 amide bonds. The molecule has 1 fully saturated rings. The van der Waals surface area contributed by atoms with E-state index in [9.17, 15) is 0 Å². The average Bonchev–Trinajstić information content (AvgIpc) is 3.20. The van der Waals surface area contributed by atoms with Crippen molar-refractivity contribution in [1.82, 2.24) is 20.4 Å². The fraction of sp³-hybridized carbons (Fsp3) is 0.450. The van der Waals surface area contributed by atoms with Gasteiger partial charge in [0.2, 0.25) is 0 Å². The summed E-state index contributed by atoms with van der Waals surface area (Å²) in [5.74, 6) is 0.874. The molecule has 3 rings (SSSR count). The Balaban J connectivity index is 1.30. The summed E-state index contributed by atoms with van der Waals surface area (Å²) >= 11 is 1.73. The number of nitrogens with one attached hydrogen (secondary N) is 2. The lowest BCUT2D eigenvalue weighted by atomic mass is 10.2. The van der Waals surface area contributed by atoms with E-state index < -0.39 is 0 Å². The van der Waals surface area contributed by atoms with E-state index in [-0.39, 0.29) is 0 Å². The lowest BCUT2D eigenvalue weighted by Gasteiger charge is -2.34. The number of guanidine groups is 1. The van der Waals surface area contributed by atoms with E-state index in [0.717, 1.165) is 58.3 Å². The van der Waals surface area contributed by atoms with Crippen molar-refractivity contribution in [2.24, 2.45) is 4.99 Å².